The van der Waals surface area contributed by atoms with Crippen molar-refractivity contribution >= 4 is 29.0 Å². The molecule has 2 aliphatic rings. The number of carboxylic acid groups (broad SMARTS) is 1. The smallest absolute Gasteiger partial charge is 0.335 e. The number of rotatable bonds is 6. The third-order valence-corrected chi connectivity index (χ3v) is 6.45. The molecule has 1 N–H and O–H groups in total. The summed E-state index contributed by atoms with van der Waals surface area (Å²) in [4.78, 5) is 41.6. The van der Waals surface area contributed by atoms with Gasteiger partial charge in [-0.2, -0.15) is 0 Å². The average Bonchev–Trinajstić information content (AvgIpc) is 2.80. The van der Waals surface area contributed by atoms with Gasteiger partial charge in [0.05, 0.1) is 5.56 Å². The van der Waals surface area contributed by atoms with Gasteiger partial charge in [-0.3, -0.25) is 14.5 Å². The molecule has 1 unspecified atom stereocenters. The minimum Gasteiger partial charge on any atom is -0.478 e. The number of Topliss-reactive ketones (excluding diaryl/α,β-unsaturated/α-hetero) is 1. The summed E-state index contributed by atoms with van der Waals surface area (Å²) in [5.41, 5.74) is 4.14. The molecule has 2 aromatic rings. The van der Waals surface area contributed by atoms with Crippen LogP contribution in [0.25, 0.3) is 0 Å². The van der Waals surface area contributed by atoms with E-state index in [4.69, 9.17) is 0 Å². The van der Waals surface area contributed by atoms with Crippen LogP contribution < -0.4 is 9.80 Å². The SMILES string of the molecule is CCN(CC)c1ccc(C2CC(=O)N(c3cccc(C(=O)O)c3)C3=C2C(=O)CCC3)cc1. The first kappa shape index (κ1) is 21.8. The van der Waals surface area contributed by atoms with E-state index < -0.39 is 5.97 Å². The molecule has 4 rings (SSSR count). The molecule has 0 spiro atoms. The third-order valence-electron chi connectivity index (χ3n) is 6.45. The Morgan fingerprint density at radius 2 is 1.78 bits per heavy atom. The number of allylic oxidation sites excluding steroid dienone is 2. The van der Waals surface area contributed by atoms with Crippen LogP contribution in [0.4, 0.5) is 11.4 Å². The van der Waals surface area contributed by atoms with Crippen molar-refractivity contribution in [2.75, 3.05) is 22.9 Å². The molecule has 1 amide bonds. The average molecular weight is 433 g/mol. The van der Waals surface area contributed by atoms with Crippen LogP contribution in [-0.4, -0.2) is 35.9 Å². The Bertz CT molecular complexity index is 1080. The van der Waals surface area contributed by atoms with Gasteiger partial charge in [0.25, 0.3) is 0 Å². The summed E-state index contributed by atoms with van der Waals surface area (Å²) in [7, 11) is 0. The molecule has 0 saturated heterocycles. The number of anilines is 2. The lowest BCUT2D eigenvalue weighted by Gasteiger charge is -2.38. The van der Waals surface area contributed by atoms with E-state index in [1.807, 2.05) is 12.1 Å². The molecule has 6 heteroatoms. The topological polar surface area (TPSA) is 77.9 Å². The van der Waals surface area contributed by atoms with Crippen LogP contribution in [0.3, 0.4) is 0 Å². The predicted octanol–water partition coefficient (Wildman–Crippen LogP) is 4.76. The van der Waals surface area contributed by atoms with Crippen LogP contribution in [0.5, 0.6) is 0 Å². The maximum Gasteiger partial charge on any atom is 0.335 e. The van der Waals surface area contributed by atoms with E-state index in [1.54, 1.807) is 17.0 Å². The van der Waals surface area contributed by atoms with E-state index in [0.29, 0.717) is 30.5 Å². The van der Waals surface area contributed by atoms with E-state index in [0.717, 1.165) is 30.0 Å². The molecule has 6 nitrogen and oxygen atoms in total. The summed E-state index contributed by atoms with van der Waals surface area (Å²) in [6.45, 7) is 6.05. The number of carbonyl (C=O) groups excluding carboxylic acids is 2. The Hall–Kier alpha value is -3.41. The van der Waals surface area contributed by atoms with Crippen molar-refractivity contribution in [2.45, 2.75) is 45.4 Å². The van der Waals surface area contributed by atoms with Crippen LogP contribution in [-0.2, 0) is 9.59 Å². The van der Waals surface area contributed by atoms with E-state index in [-0.39, 0.29) is 29.6 Å². The van der Waals surface area contributed by atoms with Gasteiger partial charge in [-0.1, -0.05) is 18.2 Å². The fraction of sp³-hybridized carbons (Fsp3) is 0.346. The van der Waals surface area contributed by atoms with Crippen molar-refractivity contribution in [3.63, 3.8) is 0 Å². The fourth-order valence-electron chi connectivity index (χ4n) is 4.86. The Balaban J connectivity index is 1.76. The number of ketones is 1. The Morgan fingerprint density at radius 3 is 2.44 bits per heavy atom. The van der Waals surface area contributed by atoms with Gasteiger partial charge in [-0.05, 0) is 62.6 Å². The highest BCUT2D eigenvalue weighted by Gasteiger charge is 2.39. The lowest BCUT2D eigenvalue weighted by molar-refractivity contribution is -0.119. The van der Waals surface area contributed by atoms with Gasteiger partial charge >= 0.3 is 5.97 Å². The van der Waals surface area contributed by atoms with E-state index in [9.17, 15) is 19.5 Å². The zero-order valence-corrected chi connectivity index (χ0v) is 18.5. The molecule has 166 valence electrons. The fourth-order valence-corrected chi connectivity index (χ4v) is 4.86. The minimum atomic E-state index is -1.04. The quantitative estimate of drug-likeness (QED) is 0.712. The first-order valence-electron chi connectivity index (χ1n) is 11.2. The van der Waals surface area contributed by atoms with Gasteiger partial charge in [-0.15, -0.1) is 0 Å². The van der Waals surface area contributed by atoms with Crippen LogP contribution in [0.15, 0.2) is 59.8 Å². The molecule has 1 atom stereocenters. The largest absolute Gasteiger partial charge is 0.478 e. The standard InChI is InChI=1S/C26H28N2O4/c1-3-27(4-2)19-13-11-17(12-14-19)21-16-24(30)28(22-9-6-10-23(29)25(21)22)20-8-5-7-18(15-20)26(31)32/h5,7-8,11-15,21H,3-4,6,9-10,16H2,1-2H3,(H,31,32). The Morgan fingerprint density at radius 1 is 1.06 bits per heavy atom. The molecule has 0 fully saturated rings. The maximum atomic E-state index is 13.3. The molecule has 32 heavy (non-hydrogen) atoms. The first-order valence-corrected chi connectivity index (χ1v) is 11.2. The molecule has 0 bridgehead atoms. The molecule has 0 saturated carbocycles. The molecule has 1 aliphatic heterocycles. The van der Waals surface area contributed by atoms with E-state index in [1.165, 1.54) is 12.1 Å². The lowest BCUT2D eigenvalue weighted by atomic mass is 9.77. The molecule has 1 heterocycles. The number of carboxylic acids is 1. The van der Waals surface area contributed by atoms with Gasteiger partial charge in [0.2, 0.25) is 5.91 Å². The van der Waals surface area contributed by atoms with Crippen LogP contribution in [0.1, 0.15) is 61.4 Å². The van der Waals surface area contributed by atoms with Crippen molar-refractivity contribution in [1.29, 1.82) is 0 Å². The van der Waals surface area contributed by atoms with E-state index in [2.05, 4.69) is 30.9 Å². The second-order valence-corrected chi connectivity index (χ2v) is 8.24. The van der Waals surface area contributed by atoms with Crippen molar-refractivity contribution in [3.8, 4) is 0 Å². The summed E-state index contributed by atoms with van der Waals surface area (Å²) in [5, 5.41) is 9.36. The number of hydrogen-bond donors (Lipinski definition) is 1. The number of benzene rings is 2. The van der Waals surface area contributed by atoms with Crippen molar-refractivity contribution < 1.29 is 19.5 Å². The van der Waals surface area contributed by atoms with Crippen LogP contribution >= 0.6 is 0 Å². The maximum absolute atomic E-state index is 13.3. The zero-order valence-electron chi connectivity index (χ0n) is 18.5. The first-order chi connectivity index (χ1) is 15.4. The van der Waals surface area contributed by atoms with Crippen molar-refractivity contribution in [2.24, 2.45) is 0 Å². The third kappa shape index (κ3) is 3.93. The van der Waals surface area contributed by atoms with Gasteiger partial charge in [0, 0.05) is 54.5 Å². The molecule has 2 aromatic carbocycles. The second kappa shape index (κ2) is 8.99. The predicted molar refractivity (Wildman–Crippen MR) is 124 cm³/mol. The van der Waals surface area contributed by atoms with Crippen molar-refractivity contribution in [1.82, 2.24) is 0 Å². The Kier molecular flexibility index (Phi) is 6.12. The van der Waals surface area contributed by atoms with Gasteiger partial charge in [0.1, 0.15) is 0 Å². The van der Waals surface area contributed by atoms with Gasteiger partial charge in [-0.25, -0.2) is 4.79 Å². The molecule has 0 aromatic heterocycles. The summed E-state index contributed by atoms with van der Waals surface area (Å²) in [6.07, 6.45) is 1.97. The number of hydrogen-bond acceptors (Lipinski definition) is 4. The molecule has 0 radical (unpaired) electrons. The lowest BCUT2D eigenvalue weighted by Crippen LogP contribution is -2.40. The Labute approximate surface area is 188 Å². The highest BCUT2D eigenvalue weighted by Crippen LogP contribution is 2.43. The molecular weight excluding hydrogens is 404 g/mol. The summed E-state index contributed by atoms with van der Waals surface area (Å²) >= 11 is 0. The molecular formula is C26H28N2O4. The van der Waals surface area contributed by atoms with Crippen LogP contribution in [0, 0.1) is 0 Å². The second-order valence-electron chi connectivity index (χ2n) is 8.24. The number of nitrogens with zero attached hydrogens (tertiary/aromatic N) is 2. The van der Waals surface area contributed by atoms with Crippen molar-refractivity contribution in [3.05, 3.63) is 70.9 Å². The minimum absolute atomic E-state index is 0.0796. The molecule has 1 aliphatic carbocycles. The summed E-state index contributed by atoms with van der Waals surface area (Å²) in [5.74, 6) is -1.35. The monoisotopic (exact) mass is 432 g/mol. The normalized spacial score (nSPS) is 18.6. The van der Waals surface area contributed by atoms with Crippen LogP contribution in [0.2, 0.25) is 0 Å². The number of aromatic carboxylic acids is 1. The van der Waals surface area contributed by atoms with Gasteiger partial charge in [0.15, 0.2) is 5.78 Å². The number of carbonyl (C=O) groups is 3. The highest BCUT2D eigenvalue weighted by atomic mass is 16.4. The highest BCUT2D eigenvalue weighted by molar-refractivity contribution is 6.07. The number of amides is 1. The van der Waals surface area contributed by atoms with Gasteiger partial charge < -0.3 is 10.0 Å². The van der Waals surface area contributed by atoms with E-state index >= 15 is 0 Å². The summed E-state index contributed by atoms with van der Waals surface area (Å²) in [6, 6.07) is 14.5. The summed E-state index contributed by atoms with van der Waals surface area (Å²) < 4.78 is 0. The zero-order chi connectivity index (χ0) is 22.8.